The molecule has 0 saturated heterocycles. The first-order valence-electron chi connectivity index (χ1n) is 10.1. The van der Waals surface area contributed by atoms with Gasteiger partial charge in [-0.05, 0) is 66.1 Å². The summed E-state index contributed by atoms with van der Waals surface area (Å²) >= 11 is 0. The van der Waals surface area contributed by atoms with E-state index in [0.717, 1.165) is 19.3 Å². The Kier molecular flexibility index (Phi) is 4.30. The first-order chi connectivity index (χ1) is 12.6. The van der Waals surface area contributed by atoms with Gasteiger partial charge >= 0.3 is 0 Å². The Bertz CT molecular complexity index is 739. The Morgan fingerprint density at radius 2 is 1.96 bits per heavy atom. The van der Waals surface area contributed by atoms with Crippen LogP contribution < -0.4 is 0 Å². The number of hydrogen-bond acceptors (Lipinski definition) is 5. The van der Waals surface area contributed by atoms with E-state index in [1.807, 2.05) is 6.08 Å². The van der Waals surface area contributed by atoms with Gasteiger partial charge in [0.15, 0.2) is 11.6 Å². The van der Waals surface area contributed by atoms with E-state index in [0.29, 0.717) is 5.57 Å². The van der Waals surface area contributed by atoms with Gasteiger partial charge in [0.25, 0.3) is 0 Å². The maximum Gasteiger partial charge on any atom is 0.178 e. The quantitative estimate of drug-likeness (QED) is 0.683. The molecule has 5 heteroatoms. The number of aliphatic hydroxyl groups is 3. The van der Waals surface area contributed by atoms with Crippen molar-refractivity contribution in [3.05, 3.63) is 23.8 Å². The molecular formula is C22H30O5. The summed E-state index contributed by atoms with van der Waals surface area (Å²) in [5, 5.41) is 31.4. The minimum atomic E-state index is -1.06. The second-order valence-electron chi connectivity index (χ2n) is 9.70. The lowest BCUT2D eigenvalue weighted by Gasteiger charge is -2.59. The molecule has 0 heterocycles. The fourth-order valence-electron chi connectivity index (χ4n) is 7.37. The van der Waals surface area contributed by atoms with Crippen LogP contribution in [0.2, 0.25) is 0 Å². The van der Waals surface area contributed by atoms with Crippen LogP contribution in [-0.4, -0.2) is 45.7 Å². The number of aliphatic hydroxyl groups excluding tert-OH is 3. The zero-order valence-corrected chi connectivity index (χ0v) is 16.3. The average Bonchev–Trinajstić information content (AvgIpc) is 2.90. The first-order valence-corrected chi connectivity index (χ1v) is 10.1. The zero-order valence-electron chi connectivity index (χ0n) is 16.3. The van der Waals surface area contributed by atoms with Crippen molar-refractivity contribution in [1.29, 1.82) is 0 Å². The van der Waals surface area contributed by atoms with Crippen molar-refractivity contribution in [2.75, 3.05) is 6.61 Å². The highest BCUT2D eigenvalue weighted by molar-refractivity contribution is 6.01. The van der Waals surface area contributed by atoms with E-state index in [9.17, 15) is 24.9 Å². The summed E-state index contributed by atoms with van der Waals surface area (Å²) in [5.74, 6) is -0.192. The summed E-state index contributed by atoms with van der Waals surface area (Å²) in [5.41, 5.74) is -0.0883. The third-order valence-electron chi connectivity index (χ3n) is 8.50. The van der Waals surface area contributed by atoms with Crippen molar-refractivity contribution in [1.82, 2.24) is 0 Å². The standard InChI is InChI=1S/C22H30O5/c1-11-8-14-17-13(5-7-22(14,3)18(11)16(25)10-23)21(2)6-4-12(24)9-15(21)19(26)20(17)27/h4,6,9,11,13-14,17-20,23,26-27H,5,7-8,10H2,1-3H3. The van der Waals surface area contributed by atoms with Crippen LogP contribution in [0.25, 0.3) is 0 Å². The minimum absolute atomic E-state index is 0.105. The third kappa shape index (κ3) is 2.41. The number of ketones is 2. The van der Waals surface area contributed by atoms with Crippen LogP contribution in [0.15, 0.2) is 23.8 Å². The molecule has 9 unspecified atom stereocenters. The summed E-state index contributed by atoms with van der Waals surface area (Å²) in [6.45, 7) is 5.81. The van der Waals surface area contributed by atoms with Crippen molar-refractivity contribution in [3.8, 4) is 0 Å². The van der Waals surface area contributed by atoms with E-state index >= 15 is 0 Å². The lowest BCUT2D eigenvalue weighted by Crippen LogP contribution is -2.60. The van der Waals surface area contributed by atoms with Crippen molar-refractivity contribution in [2.24, 2.45) is 40.4 Å². The Labute approximate surface area is 160 Å². The Hall–Kier alpha value is -1.30. The second kappa shape index (κ2) is 6.10. The molecule has 3 fully saturated rings. The highest BCUT2D eigenvalue weighted by atomic mass is 16.3. The van der Waals surface area contributed by atoms with Crippen molar-refractivity contribution >= 4 is 11.6 Å². The molecule has 0 aromatic rings. The van der Waals surface area contributed by atoms with Crippen LogP contribution in [-0.2, 0) is 9.59 Å². The fourth-order valence-corrected chi connectivity index (χ4v) is 7.37. The lowest BCUT2D eigenvalue weighted by atomic mass is 9.46. The number of carbonyl (C=O) groups excluding carboxylic acids is 2. The highest BCUT2D eigenvalue weighted by Gasteiger charge is 2.65. The van der Waals surface area contributed by atoms with Gasteiger partial charge in [0, 0.05) is 11.3 Å². The SMILES string of the molecule is CC1CC2C3C(O)C(O)C4=CC(=O)C=CC4(C)C3CCC2(C)C1C(=O)CO. The van der Waals surface area contributed by atoms with Crippen LogP contribution in [0.3, 0.4) is 0 Å². The molecule has 0 aromatic heterocycles. The molecule has 0 radical (unpaired) electrons. The normalized spacial score (nSPS) is 51.3. The molecule has 4 aliphatic carbocycles. The van der Waals surface area contributed by atoms with E-state index in [-0.39, 0.29) is 46.6 Å². The van der Waals surface area contributed by atoms with Crippen LogP contribution >= 0.6 is 0 Å². The molecular weight excluding hydrogens is 344 g/mol. The van der Waals surface area contributed by atoms with Gasteiger partial charge < -0.3 is 15.3 Å². The maximum atomic E-state index is 12.5. The van der Waals surface area contributed by atoms with Gasteiger partial charge in [-0.25, -0.2) is 0 Å². The largest absolute Gasteiger partial charge is 0.390 e. The molecule has 0 aliphatic heterocycles. The number of allylic oxidation sites excluding steroid dienone is 3. The van der Waals surface area contributed by atoms with Gasteiger partial charge in [-0.1, -0.05) is 26.8 Å². The first kappa shape index (κ1) is 19.0. The molecule has 9 atom stereocenters. The molecule has 27 heavy (non-hydrogen) atoms. The summed E-state index contributed by atoms with van der Waals surface area (Å²) in [4.78, 5) is 24.4. The van der Waals surface area contributed by atoms with Crippen molar-refractivity contribution in [2.45, 2.75) is 52.2 Å². The molecule has 3 saturated carbocycles. The Morgan fingerprint density at radius 3 is 2.63 bits per heavy atom. The highest BCUT2D eigenvalue weighted by Crippen LogP contribution is 2.67. The van der Waals surface area contributed by atoms with Gasteiger partial charge in [-0.2, -0.15) is 0 Å². The smallest absolute Gasteiger partial charge is 0.178 e. The molecule has 0 bridgehead atoms. The van der Waals surface area contributed by atoms with Crippen molar-refractivity contribution < 1.29 is 24.9 Å². The molecule has 148 valence electrons. The van der Waals surface area contributed by atoms with E-state index < -0.39 is 24.2 Å². The Morgan fingerprint density at radius 1 is 1.26 bits per heavy atom. The van der Waals surface area contributed by atoms with Gasteiger partial charge in [0.1, 0.15) is 12.7 Å². The number of fused-ring (bicyclic) bond motifs is 5. The number of carbonyl (C=O) groups is 2. The van der Waals surface area contributed by atoms with Crippen LogP contribution in [0.1, 0.15) is 40.0 Å². The van der Waals surface area contributed by atoms with Gasteiger partial charge in [0.05, 0.1) is 6.10 Å². The molecule has 4 rings (SSSR count). The summed E-state index contributed by atoms with van der Waals surface area (Å²) in [7, 11) is 0. The van der Waals surface area contributed by atoms with Gasteiger partial charge in [0.2, 0.25) is 0 Å². The third-order valence-corrected chi connectivity index (χ3v) is 8.50. The number of rotatable bonds is 2. The monoisotopic (exact) mass is 374 g/mol. The maximum absolute atomic E-state index is 12.5. The predicted octanol–water partition coefficient (Wildman–Crippen LogP) is 1.66. The van der Waals surface area contributed by atoms with Crippen LogP contribution in [0.4, 0.5) is 0 Å². The van der Waals surface area contributed by atoms with Crippen LogP contribution in [0.5, 0.6) is 0 Å². The lowest BCUT2D eigenvalue weighted by molar-refractivity contribution is -0.147. The van der Waals surface area contributed by atoms with Gasteiger partial charge in [-0.3, -0.25) is 9.59 Å². The molecule has 3 N–H and O–H groups in total. The predicted molar refractivity (Wildman–Crippen MR) is 99.5 cm³/mol. The Balaban J connectivity index is 1.77. The molecule has 0 spiro atoms. The summed E-state index contributed by atoms with van der Waals surface area (Å²) in [6, 6.07) is 0. The van der Waals surface area contributed by atoms with Crippen molar-refractivity contribution in [3.63, 3.8) is 0 Å². The molecule has 0 amide bonds. The number of Topliss-reactive ketones (excluding diaryl/α,β-unsaturated/α-hetero) is 1. The molecule has 0 aromatic carbocycles. The molecule has 5 nitrogen and oxygen atoms in total. The second-order valence-corrected chi connectivity index (χ2v) is 9.70. The van der Waals surface area contributed by atoms with Gasteiger partial charge in [-0.15, -0.1) is 0 Å². The topological polar surface area (TPSA) is 94.8 Å². The summed E-state index contributed by atoms with van der Waals surface area (Å²) < 4.78 is 0. The van der Waals surface area contributed by atoms with E-state index in [1.54, 1.807) is 6.08 Å². The molecule has 4 aliphatic rings. The van der Waals surface area contributed by atoms with E-state index in [1.165, 1.54) is 6.08 Å². The van der Waals surface area contributed by atoms with E-state index in [4.69, 9.17) is 0 Å². The number of hydrogen-bond donors (Lipinski definition) is 3. The summed E-state index contributed by atoms with van der Waals surface area (Å²) in [6.07, 6.45) is 5.48. The average molecular weight is 374 g/mol. The fraction of sp³-hybridized carbons (Fsp3) is 0.727. The zero-order chi connectivity index (χ0) is 19.7. The van der Waals surface area contributed by atoms with Crippen LogP contribution in [0, 0.1) is 40.4 Å². The minimum Gasteiger partial charge on any atom is -0.390 e. The van der Waals surface area contributed by atoms with E-state index in [2.05, 4.69) is 20.8 Å².